The molecule has 138 valence electrons. The van der Waals surface area contributed by atoms with Crippen LogP contribution in [0.25, 0.3) is 0 Å². The van der Waals surface area contributed by atoms with E-state index in [9.17, 15) is 14.7 Å². The number of fused-ring (bicyclic) bond motifs is 1. The Morgan fingerprint density at radius 3 is 2.31 bits per heavy atom. The number of phenolic OH excluding ortho intramolecular Hbond substituents is 1. The number of hydrogen-bond donors (Lipinski definition) is 3. The molecule has 0 saturated heterocycles. The largest absolute Gasteiger partial charge is 0.508 e. The number of nitrogens with zero attached hydrogens (tertiary/aromatic N) is 1. The molecule has 2 heterocycles. The lowest BCUT2D eigenvalue weighted by atomic mass is 9.87. The third kappa shape index (κ3) is 3.16. The Morgan fingerprint density at radius 2 is 1.62 bits per heavy atom. The second-order valence-corrected chi connectivity index (χ2v) is 7.47. The second-order valence-electron chi connectivity index (χ2n) is 7.47. The van der Waals surface area contributed by atoms with Crippen molar-refractivity contribution in [2.24, 2.45) is 0 Å². The van der Waals surface area contributed by atoms with Crippen molar-refractivity contribution >= 4 is 11.7 Å². The molecule has 1 saturated carbocycles. The van der Waals surface area contributed by atoms with Crippen LogP contribution in [0.3, 0.4) is 0 Å². The Balaban J connectivity index is 1.74. The summed E-state index contributed by atoms with van der Waals surface area (Å²) in [6, 6.07) is 7.00. The Morgan fingerprint density at radius 1 is 0.962 bits per heavy atom. The molecule has 6 nitrogen and oxygen atoms in total. The zero-order valence-electron chi connectivity index (χ0n) is 14.8. The Labute approximate surface area is 152 Å². The van der Waals surface area contributed by atoms with Gasteiger partial charge in [0.15, 0.2) is 0 Å². The summed E-state index contributed by atoms with van der Waals surface area (Å²) in [5.41, 5.74) is 1.39. The van der Waals surface area contributed by atoms with Crippen LogP contribution in [0.2, 0.25) is 0 Å². The first-order valence-corrected chi connectivity index (χ1v) is 9.56. The van der Waals surface area contributed by atoms with Gasteiger partial charge >= 0.3 is 0 Å². The molecular formula is C20H25N3O3. The average molecular weight is 355 g/mol. The topological polar surface area (TPSA) is 87.1 Å². The maximum absolute atomic E-state index is 12.8. The molecule has 6 heteroatoms. The van der Waals surface area contributed by atoms with E-state index in [0.717, 1.165) is 31.2 Å². The number of anilines is 1. The van der Waals surface area contributed by atoms with Crippen molar-refractivity contribution in [3.63, 3.8) is 0 Å². The predicted molar refractivity (Wildman–Crippen MR) is 99.6 cm³/mol. The van der Waals surface area contributed by atoms with Gasteiger partial charge in [0.1, 0.15) is 11.6 Å². The molecule has 0 bridgehead atoms. The number of nitrogens with one attached hydrogen (secondary N) is 2. The van der Waals surface area contributed by atoms with Gasteiger partial charge in [-0.1, -0.05) is 44.2 Å². The number of benzene rings is 1. The average Bonchev–Trinajstić information content (AvgIpc) is 2.91. The quantitative estimate of drug-likeness (QED) is 0.768. The first-order chi connectivity index (χ1) is 12.6. The fourth-order valence-electron chi connectivity index (χ4n) is 4.34. The number of aromatic amines is 1. The van der Waals surface area contributed by atoms with E-state index >= 15 is 0 Å². The summed E-state index contributed by atoms with van der Waals surface area (Å²) in [4.78, 5) is 25.1. The van der Waals surface area contributed by atoms with Gasteiger partial charge in [-0.15, -0.1) is 0 Å². The van der Waals surface area contributed by atoms with Crippen LogP contribution in [0, 0.1) is 0 Å². The molecule has 1 aliphatic heterocycles. The first kappa shape index (κ1) is 16.9. The first-order valence-electron chi connectivity index (χ1n) is 9.56. The molecule has 1 amide bonds. The summed E-state index contributed by atoms with van der Waals surface area (Å²) in [7, 11) is 0. The highest BCUT2D eigenvalue weighted by Crippen LogP contribution is 2.38. The fraction of sp³-hybridized carbons (Fsp3) is 0.500. The fourth-order valence-corrected chi connectivity index (χ4v) is 4.34. The van der Waals surface area contributed by atoms with E-state index in [4.69, 9.17) is 0 Å². The maximum Gasteiger partial charge on any atom is 0.270 e. The summed E-state index contributed by atoms with van der Waals surface area (Å²) in [6.07, 6.45) is 8.33. The van der Waals surface area contributed by atoms with Crippen LogP contribution in [-0.2, 0) is 4.79 Å². The molecule has 1 aromatic carbocycles. The number of aromatic hydroxyl groups is 1. The molecule has 2 aromatic rings. The molecule has 4 rings (SSSR count). The molecular weight excluding hydrogens is 330 g/mol. The van der Waals surface area contributed by atoms with Crippen molar-refractivity contribution in [3.05, 3.63) is 45.7 Å². The predicted octanol–water partition coefficient (Wildman–Crippen LogP) is 3.64. The summed E-state index contributed by atoms with van der Waals surface area (Å²) in [6.45, 7) is 0. The van der Waals surface area contributed by atoms with Gasteiger partial charge in [-0.2, -0.15) is 0 Å². The van der Waals surface area contributed by atoms with Crippen LogP contribution in [0.1, 0.15) is 74.5 Å². The SMILES string of the molecule is O=C1CC(c2ccc(O)cc2)c2c(n(C3CCCCCCC3)[nH]c2=O)N1. The number of H-pyrrole nitrogens is 1. The van der Waals surface area contributed by atoms with Crippen LogP contribution in [0.15, 0.2) is 29.1 Å². The van der Waals surface area contributed by atoms with E-state index < -0.39 is 0 Å². The van der Waals surface area contributed by atoms with Gasteiger partial charge < -0.3 is 10.4 Å². The highest BCUT2D eigenvalue weighted by molar-refractivity contribution is 5.94. The lowest BCUT2D eigenvalue weighted by molar-refractivity contribution is -0.116. The standard InChI is InChI=1S/C20H25N3O3/c24-15-10-8-13(9-11-15)16-12-17(25)21-19-18(16)20(26)22-23(19)14-6-4-2-1-3-5-7-14/h8-11,14,16,24H,1-7,12H2,(H,21,25)(H,22,26). The summed E-state index contributed by atoms with van der Waals surface area (Å²) >= 11 is 0. The number of aromatic nitrogens is 2. The number of amides is 1. The number of rotatable bonds is 2. The van der Waals surface area contributed by atoms with E-state index in [2.05, 4.69) is 10.4 Å². The number of hydrogen-bond acceptors (Lipinski definition) is 3. The van der Waals surface area contributed by atoms with Crippen molar-refractivity contribution in [1.29, 1.82) is 0 Å². The smallest absolute Gasteiger partial charge is 0.270 e. The van der Waals surface area contributed by atoms with Gasteiger partial charge in [0.25, 0.3) is 5.56 Å². The highest BCUT2D eigenvalue weighted by atomic mass is 16.3. The molecule has 1 fully saturated rings. The minimum atomic E-state index is -0.280. The van der Waals surface area contributed by atoms with Crippen molar-refractivity contribution < 1.29 is 9.90 Å². The molecule has 2 aliphatic rings. The van der Waals surface area contributed by atoms with Crippen molar-refractivity contribution in [3.8, 4) is 5.75 Å². The number of phenols is 1. The van der Waals surface area contributed by atoms with Gasteiger partial charge in [0.05, 0.1) is 11.6 Å². The molecule has 1 unspecified atom stereocenters. The minimum Gasteiger partial charge on any atom is -0.508 e. The third-order valence-electron chi connectivity index (χ3n) is 5.69. The summed E-state index contributed by atoms with van der Waals surface area (Å²) in [5, 5.41) is 15.5. The van der Waals surface area contributed by atoms with Crippen LogP contribution < -0.4 is 10.9 Å². The minimum absolute atomic E-state index is 0.0748. The van der Waals surface area contributed by atoms with Crippen molar-refractivity contribution in [2.75, 3.05) is 5.32 Å². The van der Waals surface area contributed by atoms with Gasteiger partial charge in [0, 0.05) is 12.3 Å². The van der Waals surface area contributed by atoms with Crippen LogP contribution >= 0.6 is 0 Å². The molecule has 1 atom stereocenters. The second kappa shape index (κ2) is 7.02. The van der Waals surface area contributed by atoms with E-state index in [1.165, 1.54) is 19.3 Å². The lowest BCUT2D eigenvalue weighted by Crippen LogP contribution is -2.27. The molecule has 1 aromatic heterocycles. The Kier molecular flexibility index (Phi) is 4.57. The van der Waals surface area contributed by atoms with Crippen LogP contribution in [-0.4, -0.2) is 20.8 Å². The van der Waals surface area contributed by atoms with Gasteiger partial charge in [-0.3, -0.25) is 19.4 Å². The normalized spacial score (nSPS) is 21.5. The molecule has 3 N–H and O–H groups in total. The van der Waals surface area contributed by atoms with Crippen molar-refractivity contribution in [2.45, 2.75) is 63.3 Å². The summed E-state index contributed by atoms with van der Waals surface area (Å²) in [5.74, 6) is 0.456. The number of carbonyl (C=O) groups excluding carboxylic acids is 1. The zero-order valence-corrected chi connectivity index (χ0v) is 14.8. The van der Waals surface area contributed by atoms with E-state index in [0.29, 0.717) is 11.4 Å². The Hall–Kier alpha value is -2.50. The van der Waals surface area contributed by atoms with Crippen LogP contribution in [0.5, 0.6) is 5.75 Å². The highest BCUT2D eigenvalue weighted by Gasteiger charge is 2.34. The van der Waals surface area contributed by atoms with Gasteiger partial charge in [-0.05, 0) is 30.5 Å². The van der Waals surface area contributed by atoms with Gasteiger partial charge in [-0.25, -0.2) is 0 Å². The van der Waals surface area contributed by atoms with Crippen molar-refractivity contribution in [1.82, 2.24) is 9.78 Å². The van der Waals surface area contributed by atoms with Gasteiger partial charge in [0.2, 0.25) is 5.91 Å². The molecule has 26 heavy (non-hydrogen) atoms. The monoisotopic (exact) mass is 355 g/mol. The third-order valence-corrected chi connectivity index (χ3v) is 5.69. The number of carbonyl (C=O) groups is 1. The molecule has 0 spiro atoms. The van der Waals surface area contributed by atoms with E-state index in [-0.39, 0.29) is 35.6 Å². The maximum atomic E-state index is 12.8. The van der Waals surface area contributed by atoms with Crippen LogP contribution in [0.4, 0.5) is 5.82 Å². The zero-order chi connectivity index (χ0) is 18.1. The Bertz CT molecular complexity index is 842. The lowest BCUT2D eigenvalue weighted by Gasteiger charge is -2.27. The molecule has 1 aliphatic carbocycles. The summed E-state index contributed by atoms with van der Waals surface area (Å²) < 4.78 is 1.91. The molecule has 0 radical (unpaired) electrons. The van der Waals surface area contributed by atoms with E-state index in [1.54, 1.807) is 24.3 Å². The van der Waals surface area contributed by atoms with E-state index in [1.807, 2.05) is 4.68 Å².